The van der Waals surface area contributed by atoms with Crippen molar-refractivity contribution in [2.45, 2.75) is 72.6 Å². The number of esters is 1. The Labute approximate surface area is 147 Å². The van der Waals surface area contributed by atoms with Crippen LogP contribution in [0.25, 0.3) is 0 Å². The van der Waals surface area contributed by atoms with Gasteiger partial charge in [-0.15, -0.1) is 0 Å². The standard InChI is InChI=1S/C21H34O3/c1-16(2)10-8-7-9-15-24-19(23)21(6,20(3,4)5)17-11-13-18(22)14-12-17/h11-14,16,22H,7-10,15H2,1-6H3. The number of carbonyl (C=O) groups excluding carboxylic acids is 1. The van der Waals surface area contributed by atoms with Crippen LogP contribution in [0.4, 0.5) is 0 Å². The maximum absolute atomic E-state index is 12.9. The van der Waals surface area contributed by atoms with E-state index in [1.54, 1.807) is 12.1 Å². The number of carbonyl (C=O) groups is 1. The first-order chi connectivity index (χ1) is 11.1. The molecule has 3 nitrogen and oxygen atoms in total. The lowest BCUT2D eigenvalue weighted by atomic mass is 9.64. The van der Waals surface area contributed by atoms with Crippen LogP contribution in [0.1, 0.15) is 72.8 Å². The molecule has 1 atom stereocenters. The van der Waals surface area contributed by atoms with Crippen molar-refractivity contribution < 1.29 is 14.6 Å². The molecule has 1 unspecified atom stereocenters. The molecule has 1 aromatic rings. The van der Waals surface area contributed by atoms with Crippen LogP contribution in [0.15, 0.2) is 24.3 Å². The van der Waals surface area contributed by atoms with Gasteiger partial charge in [0.2, 0.25) is 0 Å². The fourth-order valence-corrected chi connectivity index (χ4v) is 2.79. The second-order valence-electron chi connectivity index (χ2n) is 8.30. The van der Waals surface area contributed by atoms with Gasteiger partial charge in [0.15, 0.2) is 0 Å². The number of phenolic OH excluding ortho intramolecular Hbond substituents is 1. The molecule has 0 heterocycles. The second-order valence-corrected chi connectivity index (χ2v) is 8.30. The number of rotatable bonds is 8. The number of ether oxygens (including phenoxy) is 1. The summed E-state index contributed by atoms with van der Waals surface area (Å²) in [6.07, 6.45) is 4.41. The minimum absolute atomic E-state index is 0.190. The van der Waals surface area contributed by atoms with E-state index in [-0.39, 0.29) is 17.1 Å². The van der Waals surface area contributed by atoms with Gasteiger partial charge in [-0.25, -0.2) is 0 Å². The molecule has 1 N–H and O–H groups in total. The van der Waals surface area contributed by atoms with Crippen LogP contribution < -0.4 is 0 Å². The molecular formula is C21H34O3. The summed E-state index contributed by atoms with van der Waals surface area (Å²) in [5.41, 5.74) is -0.172. The summed E-state index contributed by atoms with van der Waals surface area (Å²) in [6.45, 7) is 13.0. The summed E-state index contributed by atoms with van der Waals surface area (Å²) < 4.78 is 5.62. The van der Waals surface area contributed by atoms with Gasteiger partial charge in [-0.3, -0.25) is 4.79 Å². The Hall–Kier alpha value is -1.51. The van der Waals surface area contributed by atoms with Crippen molar-refractivity contribution in [3.05, 3.63) is 29.8 Å². The van der Waals surface area contributed by atoms with Crippen molar-refractivity contribution >= 4 is 5.97 Å². The Bertz CT molecular complexity index is 511. The molecule has 0 aliphatic heterocycles. The number of aromatic hydroxyl groups is 1. The van der Waals surface area contributed by atoms with Crippen molar-refractivity contribution in [3.63, 3.8) is 0 Å². The molecule has 0 saturated carbocycles. The first-order valence-electron chi connectivity index (χ1n) is 9.05. The average molecular weight is 335 g/mol. The van der Waals surface area contributed by atoms with E-state index in [0.29, 0.717) is 6.61 Å². The van der Waals surface area contributed by atoms with Crippen LogP contribution in [0.2, 0.25) is 0 Å². The highest BCUT2D eigenvalue weighted by Crippen LogP contribution is 2.42. The molecule has 0 amide bonds. The maximum Gasteiger partial charge on any atom is 0.316 e. The van der Waals surface area contributed by atoms with Crippen molar-refractivity contribution in [2.75, 3.05) is 6.61 Å². The lowest BCUT2D eigenvalue weighted by molar-refractivity contribution is -0.154. The predicted molar refractivity (Wildman–Crippen MR) is 99.2 cm³/mol. The lowest BCUT2D eigenvalue weighted by Crippen LogP contribution is -2.45. The molecule has 24 heavy (non-hydrogen) atoms. The Morgan fingerprint density at radius 3 is 2.12 bits per heavy atom. The monoisotopic (exact) mass is 334 g/mol. The molecule has 0 aliphatic carbocycles. The van der Waals surface area contributed by atoms with Gasteiger partial charge in [0.05, 0.1) is 12.0 Å². The van der Waals surface area contributed by atoms with E-state index < -0.39 is 5.41 Å². The summed E-state index contributed by atoms with van der Waals surface area (Å²) in [5, 5.41) is 9.51. The van der Waals surface area contributed by atoms with Gasteiger partial charge in [-0.1, -0.05) is 66.0 Å². The van der Waals surface area contributed by atoms with Crippen molar-refractivity contribution in [3.8, 4) is 5.75 Å². The van der Waals surface area contributed by atoms with E-state index in [0.717, 1.165) is 24.3 Å². The first kappa shape index (κ1) is 20.5. The molecule has 1 aromatic carbocycles. The molecular weight excluding hydrogens is 300 g/mol. The quantitative estimate of drug-likeness (QED) is 0.507. The van der Waals surface area contributed by atoms with E-state index in [9.17, 15) is 9.90 Å². The van der Waals surface area contributed by atoms with Gasteiger partial charge >= 0.3 is 5.97 Å². The molecule has 0 radical (unpaired) electrons. The molecule has 0 aromatic heterocycles. The van der Waals surface area contributed by atoms with Crippen LogP contribution in [-0.2, 0) is 14.9 Å². The van der Waals surface area contributed by atoms with Gasteiger partial charge in [0, 0.05) is 0 Å². The highest BCUT2D eigenvalue weighted by Gasteiger charge is 2.47. The number of hydrogen-bond acceptors (Lipinski definition) is 3. The van der Waals surface area contributed by atoms with Gasteiger partial charge in [0.1, 0.15) is 5.75 Å². The first-order valence-corrected chi connectivity index (χ1v) is 9.05. The topological polar surface area (TPSA) is 46.5 Å². The Morgan fingerprint density at radius 1 is 1.04 bits per heavy atom. The second kappa shape index (κ2) is 8.55. The summed E-state index contributed by atoms with van der Waals surface area (Å²) >= 11 is 0. The van der Waals surface area contributed by atoms with Crippen LogP contribution in [0.3, 0.4) is 0 Å². The molecule has 0 bridgehead atoms. The molecule has 0 spiro atoms. The van der Waals surface area contributed by atoms with Crippen LogP contribution in [-0.4, -0.2) is 17.7 Å². The van der Waals surface area contributed by atoms with Crippen molar-refractivity contribution in [1.29, 1.82) is 0 Å². The fourth-order valence-electron chi connectivity index (χ4n) is 2.79. The third-order valence-electron chi connectivity index (χ3n) is 5.01. The fraction of sp³-hybridized carbons (Fsp3) is 0.667. The smallest absolute Gasteiger partial charge is 0.316 e. The highest BCUT2D eigenvalue weighted by atomic mass is 16.5. The zero-order valence-electron chi connectivity index (χ0n) is 16.2. The van der Waals surface area contributed by atoms with Gasteiger partial charge in [0.25, 0.3) is 0 Å². The maximum atomic E-state index is 12.9. The van der Waals surface area contributed by atoms with Gasteiger partial charge in [-0.2, -0.15) is 0 Å². The van der Waals surface area contributed by atoms with Crippen LogP contribution in [0, 0.1) is 11.3 Å². The number of hydrogen-bond donors (Lipinski definition) is 1. The Balaban J connectivity index is 2.72. The van der Waals surface area contributed by atoms with E-state index in [1.165, 1.54) is 12.8 Å². The van der Waals surface area contributed by atoms with Gasteiger partial charge < -0.3 is 9.84 Å². The highest BCUT2D eigenvalue weighted by molar-refractivity contribution is 5.84. The molecule has 3 heteroatoms. The van der Waals surface area contributed by atoms with Crippen LogP contribution >= 0.6 is 0 Å². The molecule has 0 fully saturated rings. The van der Waals surface area contributed by atoms with E-state index in [4.69, 9.17) is 4.74 Å². The lowest BCUT2D eigenvalue weighted by Gasteiger charge is -2.40. The number of unbranched alkanes of at least 4 members (excludes halogenated alkanes) is 2. The zero-order chi connectivity index (χ0) is 18.4. The van der Waals surface area contributed by atoms with E-state index in [2.05, 4.69) is 13.8 Å². The predicted octanol–water partition coefficient (Wildman–Crippen LogP) is 5.46. The third-order valence-corrected chi connectivity index (χ3v) is 5.01. The Kier molecular flexibility index (Phi) is 7.31. The zero-order valence-corrected chi connectivity index (χ0v) is 16.2. The van der Waals surface area contributed by atoms with Crippen molar-refractivity contribution in [2.24, 2.45) is 11.3 Å². The normalized spacial score (nSPS) is 14.5. The minimum Gasteiger partial charge on any atom is -0.508 e. The summed E-state index contributed by atoms with van der Waals surface area (Å²) in [7, 11) is 0. The molecule has 1 rings (SSSR count). The third kappa shape index (κ3) is 5.25. The SMILES string of the molecule is CC(C)CCCCCOC(=O)C(C)(c1ccc(O)cc1)C(C)(C)C. The van der Waals surface area contributed by atoms with E-state index >= 15 is 0 Å². The van der Waals surface area contributed by atoms with Gasteiger partial charge in [-0.05, 0) is 42.4 Å². The largest absolute Gasteiger partial charge is 0.508 e. The minimum atomic E-state index is -0.751. The Morgan fingerprint density at radius 2 is 1.62 bits per heavy atom. The molecule has 136 valence electrons. The van der Waals surface area contributed by atoms with Crippen LogP contribution in [0.5, 0.6) is 5.75 Å². The average Bonchev–Trinajstić information content (AvgIpc) is 2.49. The number of phenols is 1. The summed E-state index contributed by atoms with van der Waals surface area (Å²) in [6, 6.07) is 6.87. The van der Waals surface area contributed by atoms with E-state index in [1.807, 2.05) is 39.8 Å². The molecule has 0 saturated heterocycles. The molecule has 0 aliphatic rings. The van der Waals surface area contributed by atoms with Crippen molar-refractivity contribution in [1.82, 2.24) is 0 Å². The number of benzene rings is 1. The summed E-state index contributed by atoms with van der Waals surface area (Å²) in [4.78, 5) is 12.9. The summed E-state index contributed by atoms with van der Waals surface area (Å²) in [5.74, 6) is 0.740.